The Balaban J connectivity index is 2.24. The van der Waals surface area contributed by atoms with Crippen molar-refractivity contribution in [1.29, 1.82) is 0 Å². The maximum atomic E-state index is 11.2. The Morgan fingerprint density at radius 2 is 2.14 bits per heavy atom. The molecule has 0 aliphatic rings. The van der Waals surface area contributed by atoms with Gasteiger partial charge < -0.3 is 9.84 Å². The van der Waals surface area contributed by atoms with Gasteiger partial charge in [0.25, 0.3) is 0 Å². The molecule has 0 saturated carbocycles. The lowest BCUT2D eigenvalue weighted by atomic mass is 10.1. The van der Waals surface area contributed by atoms with Crippen LogP contribution in [0.15, 0.2) is 18.2 Å². The molecule has 0 fully saturated rings. The molecule has 0 unspecified atom stereocenters. The Labute approximate surface area is 123 Å². The predicted molar refractivity (Wildman–Crippen MR) is 77.5 cm³/mol. The van der Waals surface area contributed by atoms with Crippen molar-refractivity contribution in [3.05, 3.63) is 40.7 Å². The van der Waals surface area contributed by atoms with Crippen molar-refractivity contribution in [2.45, 2.75) is 40.3 Å². The number of hydrogen-bond donors (Lipinski definition) is 1. The van der Waals surface area contributed by atoms with E-state index in [1.807, 2.05) is 39.0 Å². The highest BCUT2D eigenvalue weighted by Crippen LogP contribution is 2.21. The quantitative estimate of drug-likeness (QED) is 0.884. The summed E-state index contributed by atoms with van der Waals surface area (Å²) in [6.07, 6.45) is 0.846. The fourth-order valence-corrected chi connectivity index (χ4v) is 2.04. The summed E-state index contributed by atoms with van der Waals surface area (Å²) in [5.74, 6) is -0.340. The first-order valence-electron chi connectivity index (χ1n) is 6.88. The number of aromatic carboxylic acids is 1. The first-order valence-corrected chi connectivity index (χ1v) is 6.88. The number of carboxylic acids is 1. The summed E-state index contributed by atoms with van der Waals surface area (Å²) < 4.78 is 7.37. The molecule has 2 aromatic rings. The molecule has 2 rings (SSSR count). The largest absolute Gasteiger partial charge is 0.487 e. The molecule has 0 radical (unpaired) electrons. The van der Waals surface area contributed by atoms with Crippen LogP contribution in [0.5, 0.6) is 5.75 Å². The lowest BCUT2D eigenvalue weighted by molar-refractivity contribution is 0.0687. The molecule has 1 N–H and O–H groups in total. The van der Waals surface area contributed by atoms with Crippen LogP contribution >= 0.6 is 0 Å². The zero-order valence-electron chi connectivity index (χ0n) is 12.5. The van der Waals surface area contributed by atoms with Crippen LogP contribution in [0.4, 0.5) is 0 Å². The van der Waals surface area contributed by atoms with Crippen molar-refractivity contribution < 1.29 is 14.6 Å². The monoisotopic (exact) mass is 289 g/mol. The molecule has 0 bridgehead atoms. The van der Waals surface area contributed by atoms with Crippen molar-refractivity contribution in [1.82, 2.24) is 15.0 Å². The minimum absolute atomic E-state index is 0.0474. The van der Waals surface area contributed by atoms with Gasteiger partial charge in [-0.3, -0.25) is 0 Å². The number of aryl methyl sites for hydroxylation is 3. The van der Waals surface area contributed by atoms with Gasteiger partial charge in [-0.1, -0.05) is 24.3 Å². The second kappa shape index (κ2) is 6.39. The molecule has 1 aromatic carbocycles. The Morgan fingerprint density at radius 1 is 1.38 bits per heavy atom. The van der Waals surface area contributed by atoms with E-state index in [0.29, 0.717) is 12.2 Å². The zero-order valence-corrected chi connectivity index (χ0v) is 12.5. The lowest BCUT2D eigenvalue weighted by Gasteiger charge is -2.11. The van der Waals surface area contributed by atoms with E-state index in [1.54, 1.807) is 4.68 Å². The summed E-state index contributed by atoms with van der Waals surface area (Å²) >= 11 is 0. The van der Waals surface area contributed by atoms with Crippen molar-refractivity contribution in [2.75, 3.05) is 0 Å². The summed E-state index contributed by atoms with van der Waals surface area (Å²) in [6.45, 7) is 6.69. The molecule has 0 saturated heterocycles. The second-order valence-electron chi connectivity index (χ2n) is 4.97. The van der Waals surface area contributed by atoms with E-state index in [0.717, 1.165) is 23.3 Å². The van der Waals surface area contributed by atoms with Crippen molar-refractivity contribution in [2.24, 2.45) is 0 Å². The van der Waals surface area contributed by atoms with Crippen LogP contribution in [-0.2, 0) is 13.2 Å². The highest BCUT2D eigenvalue weighted by atomic mass is 16.5. The number of hydrogen-bond acceptors (Lipinski definition) is 4. The van der Waals surface area contributed by atoms with E-state index in [4.69, 9.17) is 4.74 Å². The van der Waals surface area contributed by atoms with E-state index >= 15 is 0 Å². The fraction of sp³-hybridized carbons (Fsp3) is 0.400. The predicted octanol–water partition coefficient (Wildman–Crippen LogP) is 2.58. The summed E-state index contributed by atoms with van der Waals surface area (Å²) in [5.41, 5.74) is 2.54. The number of carboxylic acid groups (broad SMARTS) is 1. The van der Waals surface area contributed by atoms with Crippen LogP contribution in [0.3, 0.4) is 0 Å². The topological polar surface area (TPSA) is 77.2 Å². The lowest BCUT2D eigenvalue weighted by Crippen LogP contribution is -2.11. The van der Waals surface area contributed by atoms with E-state index in [-0.39, 0.29) is 12.3 Å². The molecule has 1 aromatic heterocycles. The van der Waals surface area contributed by atoms with Crippen LogP contribution in [0.2, 0.25) is 0 Å². The molecule has 0 aliphatic carbocycles. The van der Waals surface area contributed by atoms with Gasteiger partial charge in [-0.2, -0.15) is 0 Å². The molecule has 112 valence electrons. The minimum Gasteiger partial charge on any atom is -0.487 e. The SMILES string of the molecule is CCCn1nnc(C(=O)O)c1COc1cc(C)ccc1C. The third kappa shape index (κ3) is 3.39. The fourth-order valence-electron chi connectivity index (χ4n) is 2.04. The zero-order chi connectivity index (χ0) is 15.4. The molecule has 0 spiro atoms. The van der Waals surface area contributed by atoms with Crippen molar-refractivity contribution in [3.8, 4) is 5.75 Å². The maximum absolute atomic E-state index is 11.2. The molecule has 6 nitrogen and oxygen atoms in total. The Kier molecular flexibility index (Phi) is 4.57. The highest BCUT2D eigenvalue weighted by Gasteiger charge is 2.19. The van der Waals surface area contributed by atoms with Crippen LogP contribution in [-0.4, -0.2) is 26.1 Å². The van der Waals surface area contributed by atoms with E-state index in [9.17, 15) is 9.90 Å². The molecular weight excluding hydrogens is 270 g/mol. The highest BCUT2D eigenvalue weighted by molar-refractivity contribution is 5.86. The molecule has 0 aliphatic heterocycles. The Hall–Kier alpha value is -2.37. The van der Waals surface area contributed by atoms with Gasteiger partial charge in [0.15, 0.2) is 5.69 Å². The number of aromatic nitrogens is 3. The van der Waals surface area contributed by atoms with Gasteiger partial charge in [0, 0.05) is 6.54 Å². The van der Waals surface area contributed by atoms with Crippen molar-refractivity contribution >= 4 is 5.97 Å². The van der Waals surface area contributed by atoms with Crippen LogP contribution < -0.4 is 4.74 Å². The summed E-state index contributed by atoms with van der Waals surface area (Å²) in [6, 6.07) is 5.92. The van der Waals surface area contributed by atoms with E-state index < -0.39 is 5.97 Å². The molecule has 0 atom stereocenters. The summed E-state index contributed by atoms with van der Waals surface area (Å²) in [4.78, 5) is 11.2. The van der Waals surface area contributed by atoms with Gasteiger partial charge in [0.1, 0.15) is 18.1 Å². The molecule has 6 heteroatoms. The summed E-state index contributed by atoms with van der Waals surface area (Å²) in [5, 5.41) is 16.8. The molecule has 1 heterocycles. The van der Waals surface area contributed by atoms with Crippen LogP contribution in [0, 0.1) is 13.8 Å². The standard InChI is InChI=1S/C15H19N3O3/c1-4-7-18-12(14(15(19)20)16-17-18)9-21-13-8-10(2)5-6-11(13)3/h5-6,8H,4,7,9H2,1-3H3,(H,19,20). The number of ether oxygens (including phenoxy) is 1. The Bertz CT molecular complexity index is 650. The Morgan fingerprint density at radius 3 is 2.81 bits per heavy atom. The number of nitrogens with zero attached hydrogens (tertiary/aromatic N) is 3. The summed E-state index contributed by atoms with van der Waals surface area (Å²) in [7, 11) is 0. The first kappa shape index (κ1) is 15.0. The van der Waals surface area contributed by atoms with Gasteiger partial charge in [-0.25, -0.2) is 9.48 Å². The van der Waals surface area contributed by atoms with Gasteiger partial charge >= 0.3 is 5.97 Å². The smallest absolute Gasteiger partial charge is 0.358 e. The normalized spacial score (nSPS) is 10.6. The second-order valence-corrected chi connectivity index (χ2v) is 4.97. The molecule has 21 heavy (non-hydrogen) atoms. The number of benzene rings is 1. The van der Waals surface area contributed by atoms with Crippen molar-refractivity contribution in [3.63, 3.8) is 0 Å². The van der Waals surface area contributed by atoms with E-state index in [1.165, 1.54) is 0 Å². The first-order chi connectivity index (χ1) is 10.0. The number of carbonyl (C=O) groups is 1. The minimum atomic E-state index is -1.09. The third-order valence-corrected chi connectivity index (χ3v) is 3.18. The maximum Gasteiger partial charge on any atom is 0.358 e. The van der Waals surface area contributed by atoms with Gasteiger partial charge in [0.2, 0.25) is 0 Å². The molecule has 0 amide bonds. The van der Waals surface area contributed by atoms with Crippen LogP contribution in [0.1, 0.15) is 40.7 Å². The van der Waals surface area contributed by atoms with E-state index in [2.05, 4.69) is 10.3 Å². The average Bonchev–Trinajstić information content (AvgIpc) is 2.83. The van der Waals surface area contributed by atoms with Gasteiger partial charge in [0.05, 0.1) is 0 Å². The molecular formula is C15H19N3O3. The number of rotatable bonds is 6. The third-order valence-electron chi connectivity index (χ3n) is 3.18. The average molecular weight is 289 g/mol. The van der Waals surface area contributed by atoms with Gasteiger partial charge in [-0.05, 0) is 37.5 Å². The van der Waals surface area contributed by atoms with Crippen LogP contribution in [0.25, 0.3) is 0 Å². The van der Waals surface area contributed by atoms with Gasteiger partial charge in [-0.15, -0.1) is 5.10 Å².